The van der Waals surface area contributed by atoms with Crippen molar-refractivity contribution >= 4 is 17.3 Å². The highest BCUT2D eigenvalue weighted by Gasteiger charge is 2.24. The molecular weight excluding hydrogens is 270 g/mol. The van der Waals surface area contributed by atoms with Gasteiger partial charge in [-0.3, -0.25) is 0 Å². The molecule has 0 amide bonds. The third-order valence-corrected chi connectivity index (χ3v) is 4.42. The molecule has 1 aromatic rings. The zero-order chi connectivity index (χ0) is 14.7. The van der Waals surface area contributed by atoms with Crippen LogP contribution in [0.4, 0.5) is 5.69 Å². The summed E-state index contributed by atoms with van der Waals surface area (Å²) in [5.74, 6) is 0.630. The molecule has 1 N–H and O–H groups in total. The number of nitrogens with zero attached hydrogens (tertiary/aromatic N) is 1. The molecule has 2 rings (SSSR count). The number of aliphatic hydroxyl groups excluding tert-OH is 1. The third kappa shape index (κ3) is 3.67. The Morgan fingerprint density at radius 2 is 1.90 bits per heavy atom. The molecule has 0 bridgehead atoms. The number of anilines is 1. The van der Waals surface area contributed by atoms with E-state index < -0.39 is 6.10 Å². The van der Waals surface area contributed by atoms with Crippen LogP contribution in [0.1, 0.15) is 58.1 Å². The Labute approximate surface area is 127 Å². The van der Waals surface area contributed by atoms with E-state index in [1.807, 2.05) is 12.1 Å². The second-order valence-corrected chi connectivity index (χ2v) is 6.77. The summed E-state index contributed by atoms with van der Waals surface area (Å²) in [4.78, 5) is 2.51. The Hall–Kier alpha value is -0.730. The van der Waals surface area contributed by atoms with Gasteiger partial charge in [-0.2, -0.15) is 0 Å². The fourth-order valence-corrected chi connectivity index (χ4v) is 3.44. The van der Waals surface area contributed by atoms with Crippen LogP contribution >= 0.6 is 11.6 Å². The molecule has 0 spiro atoms. The van der Waals surface area contributed by atoms with Gasteiger partial charge >= 0.3 is 0 Å². The van der Waals surface area contributed by atoms with Crippen molar-refractivity contribution in [3.63, 3.8) is 0 Å². The van der Waals surface area contributed by atoms with E-state index in [1.54, 1.807) is 6.92 Å². The van der Waals surface area contributed by atoms with Gasteiger partial charge in [-0.1, -0.05) is 44.4 Å². The van der Waals surface area contributed by atoms with Gasteiger partial charge in [0, 0.05) is 23.3 Å². The molecule has 0 heterocycles. The van der Waals surface area contributed by atoms with E-state index in [4.69, 9.17) is 11.6 Å². The van der Waals surface area contributed by atoms with Crippen molar-refractivity contribution in [2.45, 2.75) is 58.6 Å². The summed E-state index contributed by atoms with van der Waals surface area (Å²) in [5, 5.41) is 10.4. The molecule has 0 radical (unpaired) electrons. The predicted octanol–water partition coefficient (Wildman–Crippen LogP) is 4.80. The smallest absolute Gasteiger partial charge is 0.0776 e. The van der Waals surface area contributed by atoms with Crippen LogP contribution in [0.15, 0.2) is 18.2 Å². The zero-order valence-corrected chi connectivity index (χ0v) is 13.5. The molecule has 1 fully saturated rings. The van der Waals surface area contributed by atoms with Crippen LogP contribution < -0.4 is 4.90 Å². The molecule has 1 unspecified atom stereocenters. The lowest BCUT2D eigenvalue weighted by atomic mass is 10.1. The van der Waals surface area contributed by atoms with Gasteiger partial charge in [-0.25, -0.2) is 0 Å². The quantitative estimate of drug-likeness (QED) is 0.843. The van der Waals surface area contributed by atoms with Gasteiger partial charge < -0.3 is 10.0 Å². The van der Waals surface area contributed by atoms with Crippen molar-refractivity contribution in [3.8, 4) is 0 Å². The summed E-state index contributed by atoms with van der Waals surface area (Å²) in [7, 11) is 0. The lowest BCUT2D eigenvalue weighted by Crippen LogP contribution is -2.36. The van der Waals surface area contributed by atoms with E-state index >= 15 is 0 Å². The highest BCUT2D eigenvalue weighted by Crippen LogP contribution is 2.33. The van der Waals surface area contributed by atoms with Crippen molar-refractivity contribution < 1.29 is 5.11 Å². The fraction of sp³-hybridized carbons (Fsp3) is 0.647. The number of hydrogen-bond acceptors (Lipinski definition) is 2. The van der Waals surface area contributed by atoms with E-state index in [0.29, 0.717) is 17.0 Å². The van der Waals surface area contributed by atoms with Crippen LogP contribution in [0.3, 0.4) is 0 Å². The molecule has 0 aliphatic heterocycles. The van der Waals surface area contributed by atoms with Gasteiger partial charge in [0.1, 0.15) is 0 Å². The van der Waals surface area contributed by atoms with Crippen LogP contribution in [0.2, 0.25) is 5.02 Å². The number of hydrogen-bond donors (Lipinski definition) is 1. The fourth-order valence-electron chi connectivity index (χ4n) is 3.11. The molecule has 20 heavy (non-hydrogen) atoms. The van der Waals surface area contributed by atoms with Crippen LogP contribution in [0.25, 0.3) is 0 Å². The summed E-state index contributed by atoms with van der Waals surface area (Å²) < 4.78 is 0. The average molecular weight is 296 g/mol. The van der Waals surface area contributed by atoms with Crippen molar-refractivity contribution in [1.82, 2.24) is 0 Å². The Morgan fingerprint density at radius 1 is 1.25 bits per heavy atom. The van der Waals surface area contributed by atoms with Gasteiger partial charge in [0.25, 0.3) is 0 Å². The number of aliphatic hydroxyl groups is 1. The Kier molecular flexibility index (Phi) is 5.34. The summed E-state index contributed by atoms with van der Waals surface area (Å²) >= 11 is 6.33. The Morgan fingerprint density at radius 3 is 2.40 bits per heavy atom. The van der Waals surface area contributed by atoms with Crippen molar-refractivity contribution in [3.05, 3.63) is 28.8 Å². The van der Waals surface area contributed by atoms with Gasteiger partial charge in [-0.15, -0.1) is 0 Å². The predicted molar refractivity (Wildman–Crippen MR) is 86.5 cm³/mol. The van der Waals surface area contributed by atoms with E-state index in [-0.39, 0.29) is 0 Å². The molecule has 1 atom stereocenters. The average Bonchev–Trinajstić information content (AvgIpc) is 2.88. The van der Waals surface area contributed by atoms with Crippen LogP contribution in [0.5, 0.6) is 0 Å². The molecule has 1 saturated carbocycles. The molecule has 1 aromatic carbocycles. The summed E-state index contributed by atoms with van der Waals surface area (Å²) in [6, 6.07) is 6.73. The van der Waals surface area contributed by atoms with E-state index in [2.05, 4.69) is 24.8 Å². The standard InChI is InChI=1S/C17H26ClNO/c1-12(2)11-19(14-6-4-5-7-14)15-8-9-16(13(3)20)17(18)10-15/h8-10,12-14,20H,4-7,11H2,1-3H3. The zero-order valence-electron chi connectivity index (χ0n) is 12.8. The SMILES string of the molecule is CC(C)CN(c1ccc(C(C)O)c(Cl)c1)C1CCCC1. The second-order valence-electron chi connectivity index (χ2n) is 6.37. The van der Waals surface area contributed by atoms with Crippen molar-refractivity contribution in [1.29, 1.82) is 0 Å². The first kappa shape index (κ1) is 15.7. The maximum atomic E-state index is 9.69. The minimum absolute atomic E-state index is 0.512. The van der Waals surface area contributed by atoms with Crippen LogP contribution in [0, 0.1) is 5.92 Å². The van der Waals surface area contributed by atoms with E-state index in [1.165, 1.54) is 31.4 Å². The van der Waals surface area contributed by atoms with Crippen molar-refractivity contribution in [2.24, 2.45) is 5.92 Å². The second kappa shape index (κ2) is 6.82. The normalized spacial score (nSPS) is 17.7. The van der Waals surface area contributed by atoms with Gasteiger partial charge in [-0.05, 0) is 43.4 Å². The van der Waals surface area contributed by atoms with Gasteiger partial charge in [0.2, 0.25) is 0 Å². The molecule has 3 heteroatoms. The first-order valence-corrected chi connectivity index (χ1v) is 8.11. The maximum Gasteiger partial charge on any atom is 0.0776 e. The topological polar surface area (TPSA) is 23.5 Å². The summed E-state index contributed by atoms with van der Waals surface area (Å²) in [6.07, 6.45) is 4.71. The lowest BCUT2D eigenvalue weighted by Gasteiger charge is -2.33. The molecular formula is C17H26ClNO. The molecule has 1 aliphatic rings. The highest BCUT2D eigenvalue weighted by molar-refractivity contribution is 6.31. The minimum Gasteiger partial charge on any atom is -0.389 e. The van der Waals surface area contributed by atoms with Crippen LogP contribution in [-0.4, -0.2) is 17.7 Å². The van der Waals surface area contributed by atoms with Gasteiger partial charge in [0.05, 0.1) is 6.10 Å². The summed E-state index contributed by atoms with van der Waals surface area (Å²) in [6.45, 7) is 7.33. The number of rotatable bonds is 5. The third-order valence-electron chi connectivity index (χ3n) is 4.09. The monoisotopic (exact) mass is 295 g/mol. The van der Waals surface area contributed by atoms with E-state index in [0.717, 1.165) is 12.1 Å². The molecule has 2 nitrogen and oxygen atoms in total. The number of halogens is 1. The van der Waals surface area contributed by atoms with Crippen molar-refractivity contribution in [2.75, 3.05) is 11.4 Å². The lowest BCUT2D eigenvalue weighted by molar-refractivity contribution is 0.199. The first-order valence-electron chi connectivity index (χ1n) is 7.73. The Balaban J connectivity index is 2.25. The molecule has 0 aromatic heterocycles. The van der Waals surface area contributed by atoms with Gasteiger partial charge in [0.15, 0.2) is 0 Å². The molecule has 1 aliphatic carbocycles. The molecule has 0 saturated heterocycles. The highest BCUT2D eigenvalue weighted by atomic mass is 35.5. The number of benzene rings is 1. The molecule has 112 valence electrons. The summed E-state index contributed by atoms with van der Waals surface area (Å²) in [5.41, 5.74) is 2.01. The maximum absolute atomic E-state index is 9.69. The largest absolute Gasteiger partial charge is 0.389 e. The Bertz CT molecular complexity index is 439. The minimum atomic E-state index is -0.512. The first-order chi connectivity index (χ1) is 9.49. The van der Waals surface area contributed by atoms with E-state index in [9.17, 15) is 5.11 Å². The van der Waals surface area contributed by atoms with Crippen LogP contribution in [-0.2, 0) is 0 Å².